The minimum absolute atomic E-state index is 0.105. The summed E-state index contributed by atoms with van der Waals surface area (Å²) >= 11 is 1.35. The van der Waals surface area contributed by atoms with Crippen molar-refractivity contribution in [2.24, 2.45) is 0 Å². The number of hydrogen-bond donors (Lipinski definition) is 0. The fraction of sp³-hybridized carbons (Fsp3) is 0.667. The van der Waals surface area contributed by atoms with E-state index in [1.165, 1.54) is 11.8 Å². The van der Waals surface area contributed by atoms with Crippen LogP contribution in [0.3, 0.4) is 0 Å². The highest BCUT2D eigenvalue weighted by Crippen LogP contribution is 2.19. The fourth-order valence-electron chi connectivity index (χ4n) is 0.744. The van der Waals surface area contributed by atoms with Gasteiger partial charge in [0.25, 0.3) is 5.24 Å². The second-order valence-corrected chi connectivity index (χ2v) is 4.03. The summed E-state index contributed by atoms with van der Waals surface area (Å²) in [5.74, 6) is 0. The van der Waals surface area contributed by atoms with E-state index in [1.54, 1.807) is 19.0 Å². The largest absolute Gasteiger partial charge is 0.340 e. The van der Waals surface area contributed by atoms with Crippen molar-refractivity contribution in [3.63, 3.8) is 0 Å². The molecule has 2 nitrogen and oxygen atoms in total. The molecule has 0 aliphatic carbocycles. The van der Waals surface area contributed by atoms with Gasteiger partial charge in [-0.3, -0.25) is 4.79 Å². The van der Waals surface area contributed by atoms with E-state index in [2.05, 4.69) is 13.5 Å². The maximum absolute atomic E-state index is 11.2. The first kappa shape index (κ1) is 11.6. The summed E-state index contributed by atoms with van der Waals surface area (Å²) in [6.07, 6.45) is 3.95. The molecule has 0 saturated heterocycles. The Labute approximate surface area is 79.0 Å². The van der Waals surface area contributed by atoms with Gasteiger partial charge in [0.1, 0.15) is 0 Å². The summed E-state index contributed by atoms with van der Waals surface area (Å²) < 4.78 is 0. The van der Waals surface area contributed by atoms with Crippen molar-refractivity contribution < 1.29 is 4.79 Å². The van der Waals surface area contributed by atoms with Gasteiger partial charge >= 0.3 is 0 Å². The Hall–Kier alpha value is -0.440. The lowest BCUT2D eigenvalue weighted by Gasteiger charge is -2.13. The Kier molecular flexibility index (Phi) is 5.89. The third kappa shape index (κ3) is 4.44. The van der Waals surface area contributed by atoms with Gasteiger partial charge in [0.15, 0.2) is 0 Å². The van der Waals surface area contributed by atoms with Gasteiger partial charge in [-0.05, 0) is 6.42 Å². The van der Waals surface area contributed by atoms with Gasteiger partial charge in [-0.15, -0.1) is 6.58 Å². The Morgan fingerprint density at radius 3 is 2.58 bits per heavy atom. The minimum Gasteiger partial charge on any atom is -0.340 e. The lowest BCUT2D eigenvalue weighted by molar-refractivity contribution is 0.241. The van der Waals surface area contributed by atoms with Crippen LogP contribution in [0.5, 0.6) is 0 Å². The summed E-state index contributed by atoms with van der Waals surface area (Å²) in [6.45, 7) is 5.81. The van der Waals surface area contributed by atoms with E-state index in [4.69, 9.17) is 0 Å². The average molecular weight is 187 g/mol. The number of carbonyl (C=O) groups excluding carboxylic acids is 1. The molecule has 3 heteroatoms. The number of thioether (sulfide) groups is 1. The molecule has 0 bridgehead atoms. The van der Waals surface area contributed by atoms with Gasteiger partial charge in [-0.25, -0.2) is 0 Å². The molecule has 0 radical (unpaired) electrons. The molecule has 0 aromatic rings. The van der Waals surface area contributed by atoms with Gasteiger partial charge in [-0.2, -0.15) is 0 Å². The van der Waals surface area contributed by atoms with Crippen LogP contribution in [-0.2, 0) is 0 Å². The van der Waals surface area contributed by atoms with E-state index in [1.807, 2.05) is 6.08 Å². The normalized spacial score (nSPS) is 12.2. The minimum atomic E-state index is 0.105. The van der Waals surface area contributed by atoms with E-state index in [0.29, 0.717) is 0 Å². The Balaban J connectivity index is 3.85. The van der Waals surface area contributed by atoms with Crippen LogP contribution in [0.2, 0.25) is 0 Å². The van der Waals surface area contributed by atoms with Crippen molar-refractivity contribution in [3.05, 3.63) is 12.7 Å². The summed E-state index contributed by atoms with van der Waals surface area (Å²) in [7, 11) is 3.53. The first-order valence-electron chi connectivity index (χ1n) is 4.12. The molecule has 0 fully saturated rings. The van der Waals surface area contributed by atoms with Crippen LogP contribution in [0.1, 0.15) is 19.8 Å². The van der Waals surface area contributed by atoms with Crippen LogP contribution in [0.4, 0.5) is 4.79 Å². The number of amides is 1. The van der Waals surface area contributed by atoms with Crippen molar-refractivity contribution in [3.8, 4) is 0 Å². The molecule has 0 saturated carbocycles. The standard InChI is InChI=1S/C9H17NOS/c1-5-7-8(6-2)12-9(11)10(3)4/h6,8H,2,5,7H2,1,3-4H3/t8-/m1/s1. The van der Waals surface area contributed by atoms with Crippen LogP contribution in [0.15, 0.2) is 12.7 Å². The highest BCUT2D eigenvalue weighted by atomic mass is 32.2. The Morgan fingerprint density at radius 1 is 1.67 bits per heavy atom. The molecule has 12 heavy (non-hydrogen) atoms. The maximum atomic E-state index is 11.2. The topological polar surface area (TPSA) is 20.3 Å². The molecule has 1 amide bonds. The van der Waals surface area contributed by atoms with Gasteiger partial charge in [0, 0.05) is 19.3 Å². The van der Waals surface area contributed by atoms with Crippen molar-refractivity contribution in [2.45, 2.75) is 25.0 Å². The van der Waals surface area contributed by atoms with Crippen LogP contribution in [0.25, 0.3) is 0 Å². The molecule has 1 atom stereocenters. The number of rotatable bonds is 4. The molecule has 70 valence electrons. The third-order valence-corrected chi connectivity index (χ3v) is 2.75. The molecular formula is C9H17NOS. The summed E-state index contributed by atoms with van der Waals surface area (Å²) in [5, 5.41) is 0.373. The predicted octanol–water partition coefficient (Wildman–Crippen LogP) is 2.76. The van der Waals surface area contributed by atoms with Gasteiger partial charge in [0.2, 0.25) is 0 Å². The van der Waals surface area contributed by atoms with Crippen molar-refractivity contribution >= 4 is 17.0 Å². The zero-order chi connectivity index (χ0) is 9.56. The predicted molar refractivity (Wildman–Crippen MR) is 55.6 cm³/mol. The van der Waals surface area contributed by atoms with Crippen molar-refractivity contribution in [2.75, 3.05) is 14.1 Å². The number of hydrogen-bond acceptors (Lipinski definition) is 2. The number of carbonyl (C=O) groups is 1. The average Bonchev–Trinajstić information content (AvgIpc) is 2.03. The van der Waals surface area contributed by atoms with Gasteiger partial charge in [-0.1, -0.05) is 31.2 Å². The molecule has 0 aliphatic rings. The SMILES string of the molecule is C=C[C@H](CCC)SC(=O)N(C)C. The monoisotopic (exact) mass is 187 g/mol. The zero-order valence-corrected chi connectivity index (χ0v) is 8.86. The quantitative estimate of drug-likeness (QED) is 0.631. The first-order valence-corrected chi connectivity index (χ1v) is 5.00. The van der Waals surface area contributed by atoms with Crippen molar-refractivity contribution in [1.29, 1.82) is 0 Å². The van der Waals surface area contributed by atoms with Crippen LogP contribution >= 0.6 is 11.8 Å². The highest BCUT2D eigenvalue weighted by Gasteiger charge is 2.11. The lowest BCUT2D eigenvalue weighted by Crippen LogP contribution is -2.19. The molecular weight excluding hydrogens is 170 g/mol. The van der Waals surface area contributed by atoms with E-state index in [-0.39, 0.29) is 10.5 Å². The summed E-state index contributed by atoms with van der Waals surface area (Å²) in [6, 6.07) is 0. The molecule has 0 aromatic carbocycles. The van der Waals surface area contributed by atoms with E-state index >= 15 is 0 Å². The zero-order valence-electron chi connectivity index (χ0n) is 8.04. The maximum Gasteiger partial charge on any atom is 0.281 e. The highest BCUT2D eigenvalue weighted by molar-refractivity contribution is 8.14. The summed E-state index contributed by atoms with van der Waals surface area (Å²) in [5.41, 5.74) is 0. The van der Waals surface area contributed by atoms with E-state index in [0.717, 1.165) is 12.8 Å². The molecule has 0 aliphatic heterocycles. The summed E-state index contributed by atoms with van der Waals surface area (Å²) in [4.78, 5) is 12.8. The van der Waals surface area contributed by atoms with E-state index < -0.39 is 0 Å². The molecule has 0 spiro atoms. The smallest absolute Gasteiger partial charge is 0.281 e. The molecule has 0 rings (SSSR count). The van der Waals surface area contributed by atoms with Crippen molar-refractivity contribution in [1.82, 2.24) is 4.90 Å². The molecule has 0 unspecified atom stereocenters. The Morgan fingerprint density at radius 2 is 2.25 bits per heavy atom. The van der Waals surface area contributed by atoms with Crippen LogP contribution in [-0.4, -0.2) is 29.5 Å². The molecule has 0 N–H and O–H groups in total. The molecule has 0 aromatic heterocycles. The van der Waals surface area contributed by atoms with E-state index in [9.17, 15) is 4.79 Å². The second kappa shape index (κ2) is 6.12. The molecule has 0 heterocycles. The van der Waals surface area contributed by atoms with Crippen LogP contribution < -0.4 is 0 Å². The first-order chi connectivity index (χ1) is 5.61. The number of nitrogens with zero attached hydrogens (tertiary/aromatic N) is 1. The third-order valence-electron chi connectivity index (χ3n) is 1.45. The van der Waals surface area contributed by atoms with Gasteiger partial charge in [0.05, 0.1) is 0 Å². The fourth-order valence-corrected chi connectivity index (χ4v) is 1.66. The van der Waals surface area contributed by atoms with Gasteiger partial charge < -0.3 is 4.90 Å². The second-order valence-electron chi connectivity index (χ2n) is 2.84. The van der Waals surface area contributed by atoms with Crippen LogP contribution in [0, 0.1) is 0 Å². The Bertz CT molecular complexity index is 157. The lowest BCUT2D eigenvalue weighted by atomic mass is 10.2.